The summed E-state index contributed by atoms with van der Waals surface area (Å²) in [4.78, 5) is 16.6. The second-order valence-corrected chi connectivity index (χ2v) is 7.08. The first-order chi connectivity index (χ1) is 13.1. The topological polar surface area (TPSA) is 60.5 Å². The number of halogens is 1. The van der Waals surface area contributed by atoms with Crippen molar-refractivity contribution in [2.45, 2.75) is 13.5 Å². The van der Waals surface area contributed by atoms with Crippen LogP contribution < -0.4 is 14.8 Å². The number of hydrogen-bond donors (Lipinski definition) is 1. The number of hydrogen-bond acceptors (Lipinski definition) is 5. The van der Waals surface area contributed by atoms with Gasteiger partial charge in [-0.25, -0.2) is 4.98 Å². The Kier molecular flexibility index (Phi) is 6.32. The highest BCUT2D eigenvalue weighted by Crippen LogP contribution is 2.36. The number of benzene rings is 2. The Morgan fingerprint density at radius 3 is 2.89 bits per heavy atom. The van der Waals surface area contributed by atoms with Crippen LogP contribution in [-0.2, 0) is 11.3 Å². The summed E-state index contributed by atoms with van der Waals surface area (Å²) in [5.74, 6) is 0.837. The Morgan fingerprint density at radius 2 is 2.15 bits per heavy atom. The number of fused-ring (bicyclic) bond motifs is 1. The molecule has 0 spiro atoms. The molecule has 0 unspecified atom stereocenters. The van der Waals surface area contributed by atoms with Gasteiger partial charge in [-0.05, 0) is 42.8 Å². The second kappa shape index (κ2) is 8.88. The first-order valence-electron chi connectivity index (χ1n) is 8.41. The third-order valence-electron chi connectivity index (χ3n) is 3.73. The number of nitrogens with one attached hydrogen (secondary N) is 1. The number of carbonyl (C=O) groups excluding carboxylic acids is 1. The van der Waals surface area contributed by atoms with Crippen molar-refractivity contribution in [1.29, 1.82) is 0 Å². The molecule has 5 nitrogen and oxygen atoms in total. The predicted molar refractivity (Wildman–Crippen MR) is 110 cm³/mol. The van der Waals surface area contributed by atoms with Crippen molar-refractivity contribution < 1.29 is 14.3 Å². The van der Waals surface area contributed by atoms with Gasteiger partial charge in [0, 0.05) is 12.6 Å². The fraction of sp³-hybridized carbons (Fsp3) is 0.200. The molecule has 1 amide bonds. The highest BCUT2D eigenvalue weighted by molar-refractivity contribution is 7.19. The number of amides is 1. The van der Waals surface area contributed by atoms with Gasteiger partial charge in [0.15, 0.2) is 11.5 Å². The lowest BCUT2D eigenvalue weighted by atomic mass is 10.2. The highest BCUT2D eigenvalue weighted by Gasteiger charge is 2.12. The van der Waals surface area contributed by atoms with Gasteiger partial charge in [0.25, 0.3) is 0 Å². The Bertz CT molecular complexity index is 952. The maximum absolute atomic E-state index is 12.1. The molecule has 2 aromatic carbocycles. The van der Waals surface area contributed by atoms with E-state index in [2.05, 4.69) is 10.3 Å². The monoisotopic (exact) mass is 402 g/mol. The number of rotatable bonds is 7. The van der Waals surface area contributed by atoms with Crippen molar-refractivity contribution >= 4 is 45.1 Å². The zero-order valence-electron chi connectivity index (χ0n) is 15.0. The summed E-state index contributed by atoms with van der Waals surface area (Å²) < 4.78 is 11.9. The van der Waals surface area contributed by atoms with Crippen molar-refractivity contribution in [1.82, 2.24) is 10.3 Å². The van der Waals surface area contributed by atoms with Crippen LogP contribution in [-0.4, -0.2) is 24.6 Å². The smallest absolute Gasteiger partial charge is 0.244 e. The van der Waals surface area contributed by atoms with Crippen LogP contribution >= 0.6 is 22.9 Å². The molecule has 3 aromatic rings. The molecule has 0 atom stereocenters. The average molecular weight is 403 g/mol. The normalized spacial score (nSPS) is 11.1. The molecule has 0 radical (unpaired) electrons. The lowest BCUT2D eigenvalue weighted by Crippen LogP contribution is -2.20. The van der Waals surface area contributed by atoms with Crippen molar-refractivity contribution in [2.24, 2.45) is 0 Å². The van der Waals surface area contributed by atoms with Crippen molar-refractivity contribution in [3.05, 3.63) is 58.1 Å². The minimum absolute atomic E-state index is 0.210. The first-order valence-corrected chi connectivity index (χ1v) is 9.61. The number of thiazole rings is 1. The number of methoxy groups -OCH3 is 1. The summed E-state index contributed by atoms with van der Waals surface area (Å²) in [7, 11) is 1.55. The van der Waals surface area contributed by atoms with E-state index in [1.54, 1.807) is 36.7 Å². The summed E-state index contributed by atoms with van der Waals surface area (Å²) in [6.45, 7) is 2.69. The quantitative estimate of drug-likeness (QED) is 0.582. The number of carbonyl (C=O) groups is 1. The Balaban J connectivity index is 1.64. The fourth-order valence-corrected chi connectivity index (χ4v) is 3.67. The molecule has 0 aliphatic heterocycles. The summed E-state index contributed by atoms with van der Waals surface area (Å²) in [5.41, 5.74) is 1.75. The molecule has 1 N–H and O–H groups in total. The molecule has 3 rings (SSSR count). The number of aromatic nitrogens is 1. The summed E-state index contributed by atoms with van der Waals surface area (Å²) >= 11 is 7.79. The van der Waals surface area contributed by atoms with E-state index < -0.39 is 0 Å². The van der Waals surface area contributed by atoms with E-state index in [0.717, 1.165) is 20.8 Å². The molecule has 0 bridgehead atoms. The van der Waals surface area contributed by atoms with E-state index in [0.29, 0.717) is 29.7 Å². The molecule has 1 heterocycles. The van der Waals surface area contributed by atoms with E-state index in [4.69, 9.17) is 21.1 Å². The molecule has 0 fully saturated rings. The molecular weight excluding hydrogens is 384 g/mol. The lowest BCUT2D eigenvalue weighted by molar-refractivity contribution is -0.116. The van der Waals surface area contributed by atoms with Crippen LogP contribution in [0.2, 0.25) is 5.02 Å². The number of para-hydroxylation sites is 1. The Labute approximate surface area is 166 Å². The molecule has 7 heteroatoms. The maximum Gasteiger partial charge on any atom is 0.244 e. The van der Waals surface area contributed by atoms with Gasteiger partial charge in [-0.1, -0.05) is 23.7 Å². The van der Waals surface area contributed by atoms with E-state index in [-0.39, 0.29) is 5.91 Å². The minimum Gasteiger partial charge on any atom is -0.493 e. The molecule has 1 aromatic heterocycles. The molecule has 0 aliphatic carbocycles. The van der Waals surface area contributed by atoms with Crippen molar-refractivity contribution in [3.8, 4) is 11.5 Å². The van der Waals surface area contributed by atoms with Gasteiger partial charge in [-0.15, -0.1) is 11.3 Å². The van der Waals surface area contributed by atoms with Gasteiger partial charge in [0.1, 0.15) is 5.01 Å². The third-order valence-corrected chi connectivity index (χ3v) is 5.01. The van der Waals surface area contributed by atoms with E-state index in [9.17, 15) is 4.79 Å². The Morgan fingerprint density at radius 1 is 1.33 bits per heavy atom. The zero-order chi connectivity index (χ0) is 19.2. The standard InChI is InChI=1S/C20H19ClN2O3S/c1-3-26-20-14(21)10-13(11-16(20)25-2)12-22-18(24)8-9-19-23-15-6-4-5-7-17(15)27-19/h4-11H,3,12H2,1-2H3,(H,22,24)/b9-8+. The van der Waals surface area contributed by atoms with Gasteiger partial charge in [0.2, 0.25) is 5.91 Å². The van der Waals surface area contributed by atoms with Gasteiger partial charge in [-0.3, -0.25) is 4.79 Å². The van der Waals surface area contributed by atoms with Crippen LogP contribution in [0.1, 0.15) is 17.5 Å². The van der Waals surface area contributed by atoms with Gasteiger partial charge < -0.3 is 14.8 Å². The maximum atomic E-state index is 12.1. The molecule has 0 aliphatic rings. The number of nitrogens with zero attached hydrogens (tertiary/aromatic N) is 1. The van der Waals surface area contributed by atoms with Gasteiger partial charge in [0.05, 0.1) is 29.0 Å². The van der Waals surface area contributed by atoms with Crippen molar-refractivity contribution in [2.75, 3.05) is 13.7 Å². The first kappa shape index (κ1) is 19.2. The van der Waals surface area contributed by atoms with E-state index in [1.807, 2.05) is 31.2 Å². The molecule has 0 saturated carbocycles. The molecule has 0 saturated heterocycles. The van der Waals surface area contributed by atoms with Gasteiger partial charge in [-0.2, -0.15) is 0 Å². The summed E-state index contributed by atoms with van der Waals surface area (Å²) in [6, 6.07) is 11.4. The molecular formula is C20H19ClN2O3S. The zero-order valence-corrected chi connectivity index (χ0v) is 16.6. The van der Waals surface area contributed by atoms with Crippen LogP contribution in [0, 0.1) is 0 Å². The summed E-state index contributed by atoms with van der Waals surface area (Å²) in [5, 5.41) is 4.07. The van der Waals surface area contributed by atoms with Gasteiger partial charge >= 0.3 is 0 Å². The molecule has 140 valence electrons. The fourth-order valence-electron chi connectivity index (χ4n) is 2.52. The van der Waals surface area contributed by atoms with Crippen LogP contribution in [0.5, 0.6) is 11.5 Å². The van der Waals surface area contributed by atoms with E-state index in [1.165, 1.54) is 6.08 Å². The molecule has 27 heavy (non-hydrogen) atoms. The van der Waals surface area contributed by atoms with Crippen LogP contribution in [0.3, 0.4) is 0 Å². The summed E-state index contributed by atoms with van der Waals surface area (Å²) in [6.07, 6.45) is 3.19. The minimum atomic E-state index is -0.210. The SMILES string of the molecule is CCOc1c(Cl)cc(CNC(=O)/C=C/c2nc3ccccc3s2)cc1OC. The highest BCUT2D eigenvalue weighted by atomic mass is 35.5. The van der Waals surface area contributed by atoms with Crippen LogP contribution in [0.4, 0.5) is 0 Å². The number of ether oxygens (including phenoxy) is 2. The average Bonchev–Trinajstić information content (AvgIpc) is 3.09. The van der Waals surface area contributed by atoms with Crippen LogP contribution in [0.25, 0.3) is 16.3 Å². The van der Waals surface area contributed by atoms with E-state index >= 15 is 0 Å². The van der Waals surface area contributed by atoms with Crippen LogP contribution in [0.15, 0.2) is 42.5 Å². The third kappa shape index (κ3) is 4.78. The largest absolute Gasteiger partial charge is 0.493 e. The van der Waals surface area contributed by atoms with Crippen molar-refractivity contribution in [3.63, 3.8) is 0 Å². The lowest BCUT2D eigenvalue weighted by Gasteiger charge is -2.13. The second-order valence-electron chi connectivity index (χ2n) is 5.61. The predicted octanol–water partition coefficient (Wildman–Crippen LogP) is 4.69. The Hall–Kier alpha value is -2.57.